The van der Waals surface area contributed by atoms with Gasteiger partial charge in [0.1, 0.15) is 6.54 Å². The molecule has 0 radical (unpaired) electrons. The molecule has 1 aromatic carbocycles. The molecule has 1 saturated heterocycles. The number of halogens is 2. The second-order valence-electron chi connectivity index (χ2n) is 6.07. The summed E-state index contributed by atoms with van der Waals surface area (Å²) in [7, 11) is 0. The van der Waals surface area contributed by atoms with Crippen molar-refractivity contribution in [3.8, 4) is 0 Å². The fourth-order valence-corrected chi connectivity index (χ4v) is 2.87. The summed E-state index contributed by atoms with van der Waals surface area (Å²) in [6, 6.07) is 5.44. The molecule has 0 unspecified atom stereocenters. The van der Waals surface area contributed by atoms with Crippen LogP contribution in [-0.4, -0.2) is 62.7 Å². The fraction of sp³-hybridized carbons (Fsp3) is 0.353. The van der Waals surface area contributed by atoms with Gasteiger partial charge in [0.2, 0.25) is 5.91 Å². The quantitative estimate of drug-likeness (QED) is 0.863. The van der Waals surface area contributed by atoms with Gasteiger partial charge in [0, 0.05) is 44.5 Å². The van der Waals surface area contributed by atoms with E-state index in [2.05, 4.69) is 5.10 Å². The van der Waals surface area contributed by atoms with E-state index in [4.69, 9.17) is 5.11 Å². The van der Waals surface area contributed by atoms with Gasteiger partial charge in [-0.25, -0.2) is 13.6 Å². The van der Waals surface area contributed by atoms with E-state index in [9.17, 15) is 18.4 Å². The van der Waals surface area contributed by atoms with Crippen LogP contribution in [0.3, 0.4) is 0 Å². The van der Waals surface area contributed by atoms with E-state index < -0.39 is 17.6 Å². The van der Waals surface area contributed by atoms with E-state index in [1.54, 1.807) is 11.0 Å². The molecule has 0 saturated carbocycles. The minimum Gasteiger partial charge on any atom is -0.476 e. The molecule has 1 aromatic heterocycles. The van der Waals surface area contributed by atoms with Crippen LogP contribution in [-0.2, 0) is 17.9 Å². The highest BCUT2D eigenvalue weighted by molar-refractivity contribution is 5.85. The molecule has 1 aliphatic heterocycles. The molecule has 0 atom stereocenters. The summed E-state index contributed by atoms with van der Waals surface area (Å²) in [6.07, 6.45) is 1.45. The fourth-order valence-electron chi connectivity index (χ4n) is 2.87. The first-order valence-corrected chi connectivity index (χ1v) is 8.14. The van der Waals surface area contributed by atoms with Crippen molar-refractivity contribution < 1.29 is 23.5 Å². The monoisotopic (exact) mass is 364 g/mol. The van der Waals surface area contributed by atoms with Gasteiger partial charge in [-0.15, -0.1) is 0 Å². The number of benzene rings is 1. The molecule has 0 bridgehead atoms. The summed E-state index contributed by atoms with van der Waals surface area (Å²) in [5.74, 6) is -3.01. The van der Waals surface area contributed by atoms with E-state index in [-0.39, 0.29) is 24.7 Å². The Balaban J connectivity index is 1.52. The Bertz CT molecular complexity index is 816. The first-order valence-electron chi connectivity index (χ1n) is 8.14. The van der Waals surface area contributed by atoms with E-state index >= 15 is 0 Å². The predicted octanol–water partition coefficient (Wildman–Crippen LogP) is 1.20. The number of carbonyl (C=O) groups excluding carboxylic acids is 1. The molecule has 138 valence electrons. The third-order valence-electron chi connectivity index (χ3n) is 4.31. The third kappa shape index (κ3) is 4.05. The van der Waals surface area contributed by atoms with Crippen LogP contribution < -0.4 is 0 Å². The van der Waals surface area contributed by atoms with Gasteiger partial charge in [0.15, 0.2) is 17.3 Å². The van der Waals surface area contributed by atoms with Gasteiger partial charge in [0.25, 0.3) is 0 Å². The summed E-state index contributed by atoms with van der Waals surface area (Å²) in [4.78, 5) is 26.7. The Hall–Kier alpha value is -2.81. The minimum absolute atomic E-state index is 0.0359. The molecule has 1 amide bonds. The zero-order valence-electron chi connectivity index (χ0n) is 13.9. The molecule has 9 heteroatoms. The molecular weight excluding hydrogens is 346 g/mol. The molecule has 26 heavy (non-hydrogen) atoms. The number of carboxylic acids is 1. The lowest BCUT2D eigenvalue weighted by Gasteiger charge is -2.34. The number of carbonyl (C=O) groups is 2. The Labute approximate surface area is 148 Å². The SMILES string of the molecule is O=C(O)c1ccn(CC(=O)N2CCN(Cc3cccc(F)c3F)CC2)n1. The van der Waals surface area contributed by atoms with Crippen LogP contribution in [0.2, 0.25) is 0 Å². The van der Waals surface area contributed by atoms with Crippen molar-refractivity contribution in [2.75, 3.05) is 26.2 Å². The molecule has 3 rings (SSSR count). The van der Waals surface area contributed by atoms with Gasteiger partial charge < -0.3 is 10.0 Å². The molecule has 1 N–H and O–H groups in total. The highest BCUT2D eigenvalue weighted by Gasteiger charge is 2.22. The number of hydrogen-bond acceptors (Lipinski definition) is 4. The number of rotatable bonds is 5. The molecule has 2 aromatic rings. The van der Waals surface area contributed by atoms with E-state index in [1.807, 2.05) is 4.90 Å². The average Bonchev–Trinajstić information content (AvgIpc) is 3.08. The van der Waals surface area contributed by atoms with Crippen molar-refractivity contribution in [2.45, 2.75) is 13.1 Å². The molecular formula is C17H18F2N4O3. The molecule has 7 nitrogen and oxygen atoms in total. The number of piperazine rings is 1. The third-order valence-corrected chi connectivity index (χ3v) is 4.31. The first kappa shape index (κ1) is 18.0. The minimum atomic E-state index is -1.14. The molecule has 2 heterocycles. The van der Waals surface area contributed by atoms with Crippen LogP contribution in [0.4, 0.5) is 8.78 Å². The molecule has 0 aliphatic carbocycles. The lowest BCUT2D eigenvalue weighted by atomic mass is 10.1. The number of amides is 1. The highest BCUT2D eigenvalue weighted by Crippen LogP contribution is 2.15. The smallest absolute Gasteiger partial charge is 0.356 e. The van der Waals surface area contributed by atoms with Gasteiger partial charge in [0.05, 0.1) is 0 Å². The van der Waals surface area contributed by atoms with Crippen LogP contribution in [0.1, 0.15) is 16.1 Å². The molecule has 1 aliphatic rings. The maximum Gasteiger partial charge on any atom is 0.356 e. The second-order valence-corrected chi connectivity index (χ2v) is 6.07. The van der Waals surface area contributed by atoms with Crippen LogP contribution in [0.25, 0.3) is 0 Å². The lowest BCUT2D eigenvalue weighted by Crippen LogP contribution is -2.49. The number of hydrogen-bond donors (Lipinski definition) is 1. The standard InChI is InChI=1S/C17H18F2N4O3/c18-13-3-1-2-12(16(13)19)10-21-6-8-22(9-7-21)15(24)11-23-5-4-14(20-23)17(25)26/h1-5H,6-11H2,(H,25,26). The van der Waals surface area contributed by atoms with Gasteiger partial charge in [-0.3, -0.25) is 14.4 Å². The van der Waals surface area contributed by atoms with Crippen molar-refractivity contribution in [1.82, 2.24) is 19.6 Å². The highest BCUT2D eigenvalue weighted by atomic mass is 19.2. The van der Waals surface area contributed by atoms with Crippen LogP contribution in [0, 0.1) is 11.6 Å². The normalized spacial score (nSPS) is 15.2. The Kier molecular flexibility index (Phi) is 5.27. The topological polar surface area (TPSA) is 78.7 Å². The van der Waals surface area contributed by atoms with Crippen LogP contribution >= 0.6 is 0 Å². The van der Waals surface area contributed by atoms with Crippen molar-refractivity contribution in [3.63, 3.8) is 0 Å². The van der Waals surface area contributed by atoms with E-state index in [0.717, 1.165) is 6.07 Å². The molecule has 1 fully saturated rings. The number of carboxylic acid groups (broad SMARTS) is 1. The summed E-state index contributed by atoms with van der Waals surface area (Å²) in [5, 5.41) is 12.7. The summed E-state index contributed by atoms with van der Waals surface area (Å²) in [6.45, 7) is 2.26. The maximum absolute atomic E-state index is 13.7. The zero-order chi connectivity index (χ0) is 18.7. The lowest BCUT2D eigenvalue weighted by molar-refractivity contribution is -0.133. The molecule has 0 spiro atoms. The second kappa shape index (κ2) is 7.61. The van der Waals surface area contributed by atoms with E-state index in [0.29, 0.717) is 31.7 Å². The summed E-state index contributed by atoms with van der Waals surface area (Å²) < 4.78 is 28.3. The largest absolute Gasteiger partial charge is 0.476 e. The summed E-state index contributed by atoms with van der Waals surface area (Å²) in [5.41, 5.74) is 0.183. The Morgan fingerprint density at radius 3 is 2.50 bits per heavy atom. The number of aromatic carboxylic acids is 1. The van der Waals surface area contributed by atoms with Gasteiger partial charge in [-0.05, 0) is 12.1 Å². The first-order chi connectivity index (χ1) is 12.4. The average molecular weight is 364 g/mol. The number of aromatic nitrogens is 2. The predicted molar refractivity (Wildman–Crippen MR) is 87.4 cm³/mol. The van der Waals surface area contributed by atoms with Crippen molar-refractivity contribution in [2.24, 2.45) is 0 Å². The van der Waals surface area contributed by atoms with Gasteiger partial charge in [-0.2, -0.15) is 5.10 Å². The van der Waals surface area contributed by atoms with Gasteiger partial charge in [-0.1, -0.05) is 12.1 Å². The van der Waals surface area contributed by atoms with Crippen LogP contribution in [0.5, 0.6) is 0 Å². The van der Waals surface area contributed by atoms with Crippen molar-refractivity contribution in [1.29, 1.82) is 0 Å². The van der Waals surface area contributed by atoms with Crippen molar-refractivity contribution in [3.05, 3.63) is 53.4 Å². The van der Waals surface area contributed by atoms with Crippen LogP contribution in [0.15, 0.2) is 30.5 Å². The Morgan fingerprint density at radius 2 is 1.85 bits per heavy atom. The van der Waals surface area contributed by atoms with Crippen molar-refractivity contribution >= 4 is 11.9 Å². The summed E-state index contributed by atoms with van der Waals surface area (Å²) >= 11 is 0. The Morgan fingerprint density at radius 1 is 1.12 bits per heavy atom. The maximum atomic E-state index is 13.7. The number of nitrogens with zero attached hydrogens (tertiary/aromatic N) is 4. The zero-order valence-corrected chi connectivity index (χ0v) is 13.9. The van der Waals surface area contributed by atoms with E-state index in [1.165, 1.54) is 23.0 Å². The van der Waals surface area contributed by atoms with Gasteiger partial charge >= 0.3 is 5.97 Å².